The number of ether oxygens (including phenoxy) is 1. The Kier molecular flexibility index (Phi) is 4.53. The average Bonchev–Trinajstić information content (AvgIpc) is 2.44. The summed E-state index contributed by atoms with van der Waals surface area (Å²) >= 11 is 0. The number of benzene rings is 1. The van der Waals surface area contributed by atoms with Crippen LogP contribution in [-0.4, -0.2) is 21.5 Å². The van der Waals surface area contributed by atoms with Gasteiger partial charge in [-0.2, -0.15) is 5.10 Å². The molecule has 1 aromatic carbocycles. The molecule has 2 aromatic rings. The molecule has 0 radical (unpaired) electrons. The van der Waals surface area contributed by atoms with Crippen molar-refractivity contribution in [3.63, 3.8) is 0 Å². The molecule has 106 valence electrons. The van der Waals surface area contributed by atoms with Gasteiger partial charge in [-0.1, -0.05) is 18.2 Å². The van der Waals surface area contributed by atoms with Crippen molar-refractivity contribution in [2.75, 3.05) is 6.61 Å². The normalized spacial score (nSPS) is 12.2. The zero-order valence-electron chi connectivity index (χ0n) is 11.6. The lowest BCUT2D eigenvalue weighted by atomic mass is 10.1. The summed E-state index contributed by atoms with van der Waals surface area (Å²) in [5.74, 6) is 0.628. The van der Waals surface area contributed by atoms with Crippen LogP contribution in [0.25, 0.3) is 0 Å². The van der Waals surface area contributed by atoms with Crippen molar-refractivity contribution in [1.82, 2.24) is 9.78 Å². The molecule has 0 bridgehead atoms. The molecule has 0 aliphatic rings. The standard InChI is InChI=1S/C15H18N2O3/c1-3-20-14-7-5-4-6-12(14)13(18)10-17-15(19)9-8-11(2)16-17/h4-9,13,18H,3,10H2,1-2H3. The Bertz CT molecular complexity index is 637. The van der Waals surface area contributed by atoms with Gasteiger partial charge in [-0.05, 0) is 26.0 Å². The molecule has 1 N–H and O–H groups in total. The Balaban J connectivity index is 2.26. The number of hydrogen-bond acceptors (Lipinski definition) is 4. The van der Waals surface area contributed by atoms with Crippen molar-refractivity contribution in [3.8, 4) is 5.75 Å². The van der Waals surface area contributed by atoms with E-state index in [0.717, 1.165) is 5.69 Å². The lowest BCUT2D eigenvalue weighted by molar-refractivity contribution is 0.144. The average molecular weight is 274 g/mol. The predicted molar refractivity (Wildman–Crippen MR) is 75.8 cm³/mol. The van der Waals surface area contributed by atoms with Gasteiger partial charge in [0.05, 0.1) is 18.8 Å². The second-order valence-electron chi connectivity index (χ2n) is 4.48. The zero-order chi connectivity index (χ0) is 14.5. The summed E-state index contributed by atoms with van der Waals surface area (Å²) in [6.07, 6.45) is -0.843. The molecule has 5 heteroatoms. The molecule has 1 heterocycles. The second-order valence-corrected chi connectivity index (χ2v) is 4.48. The molecule has 20 heavy (non-hydrogen) atoms. The van der Waals surface area contributed by atoms with E-state index in [1.807, 2.05) is 19.1 Å². The van der Waals surface area contributed by atoms with Crippen LogP contribution >= 0.6 is 0 Å². The van der Waals surface area contributed by atoms with Gasteiger partial charge in [0, 0.05) is 11.6 Å². The molecule has 1 atom stereocenters. The highest BCUT2D eigenvalue weighted by Gasteiger charge is 2.14. The van der Waals surface area contributed by atoms with E-state index in [1.165, 1.54) is 10.7 Å². The Labute approximate surface area is 117 Å². The van der Waals surface area contributed by atoms with Crippen molar-refractivity contribution >= 4 is 0 Å². The largest absolute Gasteiger partial charge is 0.493 e. The number of aryl methyl sites for hydroxylation is 1. The van der Waals surface area contributed by atoms with Gasteiger partial charge < -0.3 is 9.84 Å². The monoisotopic (exact) mass is 274 g/mol. The van der Waals surface area contributed by atoms with Crippen molar-refractivity contribution < 1.29 is 9.84 Å². The van der Waals surface area contributed by atoms with Crippen LogP contribution in [0.1, 0.15) is 24.3 Å². The van der Waals surface area contributed by atoms with E-state index in [9.17, 15) is 9.90 Å². The molecular formula is C15H18N2O3. The molecule has 0 spiro atoms. The first-order valence-corrected chi connectivity index (χ1v) is 6.56. The highest BCUT2D eigenvalue weighted by atomic mass is 16.5. The third kappa shape index (κ3) is 3.24. The summed E-state index contributed by atoms with van der Waals surface area (Å²) in [5, 5.41) is 14.4. The minimum Gasteiger partial charge on any atom is -0.493 e. The second kappa shape index (κ2) is 6.34. The van der Waals surface area contributed by atoms with Gasteiger partial charge in [0.1, 0.15) is 11.9 Å². The van der Waals surface area contributed by atoms with Gasteiger partial charge in [0.2, 0.25) is 0 Å². The van der Waals surface area contributed by atoms with Crippen LogP contribution in [0.2, 0.25) is 0 Å². The summed E-state index contributed by atoms with van der Waals surface area (Å²) in [6, 6.07) is 10.4. The van der Waals surface area contributed by atoms with Crippen LogP contribution in [0.3, 0.4) is 0 Å². The first kappa shape index (κ1) is 14.3. The van der Waals surface area contributed by atoms with E-state index in [0.29, 0.717) is 17.9 Å². The van der Waals surface area contributed by atoms with Crippen LogP contribution in [0.15, 0.2) is 41.2 Å². The lowest BCUT2D eigenvalue weighted by Crippen LogP contribution is -2.25. The maximum atomic E-state index is 11.7. The summed E-state index contributed by atoms with van der Waals surface area (Å²) in [4.78, 5) is 11.7. The van der Waals surface area contributed by atoms with Crippen LogP contribution < -0.4 is 10.3 Å². The smallest absolute Gasteiger partial charge is 0.266 e. The first-order valence-electron chi connectivity index (χ1n) is 6.56. The molecule has 0 amide bonds. The third-order valence-corrected chi connectivity index (χ3v) is 2.92. The molecular weight excluding hydrogens is 256 g/mol. The van der Waals surface area contributed by atoms with Crippen molar-refractivity contribution in [3.05, 3.63) is 58.0 Å². The molecule has 5 nitrogen and oxygen atoms in total. The number of hydrogen-bond donors (Lipinski definition) is 1. The SMILES string of the molecule is CCOc1ccccc1C(O)Cn1nc(C)ccc1=O. The minimum atomic E-state index is -0.843. The van der Waals surface area contributed by atoms with Gasteiger partial charge in [0.25, 0.3) is 5.56 Å². The van der Waals surface area contributed by atoms with Crippen LogP contribution in [-0.2, 0) is 6.54 Å². The Morgan fingerprint density at radius 2 is 2.05 bits per heavy atom. The van der Waals surface area contributed by atoms with Gasteiger partial charge >= 0.3 is 0 Å². The molecule has 0 fully saturated rings. The molecule has 1 unspecified atom stereocenters. The summed E-state index contributed by atoms with van der Waals surface area (Å²) < 4.78 is 6.75. The van der Waals surface area contributed by atoms with Crippen molar-refractivity contribution in [2.24, 2.45) is 0 Å². The lowest BCUT2D eigenvalue weighted by Gasteiger charge is -2.16. The topological polar surface area (TPSA) is 64.3 Å². The number of aromatic nitrogens is 2. The third-order valence-electron chi connectivity index (χ3n) is 2.92. The maximum absolute atomic E-state index is 11.7. The fourth-order valence-electron chi connectivity index (χ4n) is 1.99. The van der Waals surface area contributed by atoms with Crippen molar-refractivity contribution in [2.45, 2.75) is 26.5 Å². The first-order chi connectivity index (χ1) is 9.61. The van der Waals surface area contributed by atoms with Gasteiger partial charge in [-0.25, -0.2) is 4.68 Å². The van der Waals surface area contributed by atoms with Gasteiger partial charge in [0.15, 0.2) is 0 Å². The van der Waals surface area contributed by atoms with Crippen LogP contribution in [0, 0.1) is 6.92 Å². The Hall–Kier alpha value is -2.14. The molecule has 0 aliphatic carbocycles. The summed E-state index contributed by atoms with van der Waals surface area (Å²) in [7, 11) is 0. The van der Waals surface area contributed by atoms with E-state index in [-0.39, 0.29) is 12.1 Å². The number of para-hydroxylation sites is 1. The van der Waals surface area contributed by atoms with E-state index in [1.54, 1.807) is 25.1 Å². The highest BCUT2D eigenvalue weighted by molar-refractivity contribution is 5.35. The number of nitrogens with zero attached hydrogens (tertiary/aromatic N) is 2. The fourth-order valence-corrected chi connectivity index (χ4v) is 1.99. The molecule has 0 saturated heterocycles. The van der Waals surface area contributed by atoms with E-state index < -0.39 is 6.10 Å². The molecule has 0 saturated carbocycles. The predicted octanol–water partition coefficient (Wildman–Crippen LogP) is 1.68. The number of rotatable bonds is 5. The van der Waals surface area contributed by atoms with Crippen LogP contribution in [0.4, 0.5) is 0 Å². The van der Waals surface area contributed by atoms with Crippen molar-refractivity contribution in [1.29, 1.82) is 0 Å². The number of aliphatic hydroxyl groups is 1. The molecule has 2 rings (SSSR count). The summed E-state index contributed by atoms with van der Waals surface area (Å²) in [5.41, 5.74) is 1.16. The van der Waals surface area contributed by atoms with Gasteiger partial charge in [-0.15, -0.1) is 0 Å². The minimum absolute atomic E-state index is 0.102. The molecule has 0 aliphatic heterocycles. The maximum Gasteiger partial charge on any atom is 0.266 e. The highest BCUT2D eigenvalue weighted by Crippen LogP contribution is 2.25. The quantitative estimate of drug-likeness (QED) is 0.901. The van der Waals surface area contributed by atoms with Gasteiger partial charge in [-0.3, -0.25) is 4.79 Å². The van der Waals surface area contributed by atoms with E-state index in [4.69, 9.17) is 4.74 Å². The van der Waals surface area contributed by atoms with E-state index >= 15 is 0 Å². The fraction of sp³-hybridized carbons (Fsp3) is 0.333. The summed E-state index contributed by atoms with van der Waals surface area (Å²) in [6.45, 7) is 4.31. The number of aliphatic hydroxyl groups excluding tert-OH is 1. The van der Waals surface area contributed by atoms with E-state index in [2.05, 4.69) is 5.10 Å². The Morgan fingerprint density at radius 3 is 2.80 bits per heavy atom. The zero-order valence-corrected chi connectivity index (χ0v) is 11.6. The molecule has 1 aromatic heterocycles. The van der Waals surface area contributed by atoms with Crippen LogP contribution in [0.5, 0.6) is 5.75 Å². The Morgan fingerprint density at radius 1 is 1.30 bits per heavy atom.